The molecule has 0 spiro atoms. The van der Waals surface area contributed by atoms with Gasteiger partial charge in [-0.25, -0.2) is 4.79 Å². The molecule has 0 bridgehead atoms. The van der Waals surface area contributed by atoms with E-state index in [0.717, 1.165) is 11.1 Å². The second-order valence-electron chi connectivity index (χ2n) is 5.73. The minimum Gasteiger partial charge on any atom is -0.480 e. The molecule has 3 N–H and O–H groups in total. The molecule has 0 aromatic heterocycles. The smallest absolute Gasteiger partial charge is 0.326 e. The van der Waals surface area contributed by atoms with E-state index in [-0.39, 0.29) is 12.3 Å². The molecule has 1 aromatic rings. The molecule has 21 heavy (non-hydrogen) atoms. The van der Waals surface area contributed by atoms with Crippen molar-refractivity contribution in [2.24, 2.45) is 5.92 Å². The van der Waals surface area contributed by atoms with Gasteiger partial charge in [0.05, 0.1) is 0 Å². The van der Waals surface area contributed by atoms with Crippen molar-refractivity contribution < 1.29 is 19.8 Å². The molecule has 1 amide bonds. The van der Waals surface area contributed by atoms with Gasteiger partial charge in [-0.3, -0.25) is 4.79 Å². The molecule has 0 saturated heterocycles. The largest absolute Gasteiger partial charge is 0.480 e. The normalized spacial score (nSPS) is 13.8. The summed E-state index contributed by atoms with van der Waals surface area (Å²) in [4.78, 5) is 23.0. The van der Waals surface area contributed by atoms with Gasteiger partial charge in [0.1, 0.15) is 12.1 Å². The third-order valence-electron chi connectivity index (χ3n) is 3.17. The van der Waals surface area contributed by atoms with E-state index in [1.165, 1.54) is 0 Å². The van der Waals surface area contributed by atoms with Crippen molar-refractivity contribution in [2.45, 2.75) is 45.8 Å². The van der Waals surface area contributed by atoms with Crippen molar-refractivity contribution in [3.8, 4) is 0 Å². The highest BCUT2D eigenvalue weighted by Gasteiger charge is 2.24. The summed E-state index contributed by atoms with van der Waals surface area (Å²) in [7, 11) is 0. The van der Waals surface area contributed by atoms with Crippen LogP contribution in [0.25, 0.3) is 0 Å². The summed E-state index contributed by atoms with van der Waals surface area (Å²) in [6.07, 6.45) is -0.750. The van der Waals surface area contributed by atoms with Crippen LogP contribution in [0.5, 0.6) is 0 Å². The van der Waals surface area contributed by atoms with Gasteiger partial charge in [-0.15, -0.1) is 0 Å². The fourth-order valence-corrected chi connectivity index (χ4v) is 2.00. The minimum atomic E-state index is -1.25. The zero-order chi connectivity index (χ0) is 16.0. The monoisotopic (exact) mass is 293 g/mol. The van der Waals surface area contributed by atoms with E-state index in [1.807, 2.05) is 45.0 Å². The number of amides is 1. The molecule has 1 unspecified atom stereocenters. The lowest BCUT2D eigenvalue weighted by atomic mass is 10.0. The van der Waals surface area contributed by atoms with Crippen LogP contribution in [0.3, 0.4) is 0 Å². The average molecular weight is 293 g/mol. The molecule has 5 heteroatoms. The Kier molecular flexibility index (Phi) is 6.37. The molecule has 0 saturated carbocycles. The van der Waals surface area contributed by atoms with Gasteiger partial charge >= 0.3 is 5.97 Å². The van der Waals surface area contributed by atoms with Crippen LogP contribution in [0, 0.1) is 12.8 Å². The van der Waals surface area contributed by atoms with Crippen LogP contribution in [0.4, 0.5) is 0 Å². The lowest BCUT2D eigenvalue weighted by Gasteiger charge is -2.18. The zero-order valence-electron chi connectivity index (χ0n) is 12.7. The Bertz CT molecular complexity index is 482. The predicted octanol–water partition coefficient (Wildman–Crippen LogP) is 1.51. The number of carboxylic acid groups (broad SMARTS) is 1. The van der Waals surface area contributed by atoms with Gasteiger partial charge in [0.2, 0.25) is 5.91 Å². The number of aryl methyl sites for hydroxylation is 1. The van der Waals surface area contributed by atoms with E-state index in [0.29, 0.717) is 6.42 Å². The van der Waals surface area contributed by atoms with Crippen molar-refractivity contribution >= 4 is 11.9 Å². The van der Waals surface area contributed by atoms with Crippen LogP contribution in [0.1, 0.15) is 31.4 Å². The molecular formula is C16H23NO4. The van der Waals surface area contributed by atoms with E-state index in [9.17, 15) is 14.7 Å². The third-order valence-corrected chi connectivity index (χ3v) is 3.17. The van der Waals surface area contributed by atoms with Crippen LogP contribution >= 0.6 is 0 Å². The number of aliphatic hydroxyl groups excluding tert-OH is 1. The molecule has 5 nitrogen and oxygen atoms in total. The lowest BCUT2D eigenvalue weighted by Crippen LogP contribution is -2.46. The topological polar surface area (TPSA) is 86.6 Å². The van der Waals surface area contributed by atoms with Gasteiger partial charge in [-0.1, -0.05) is 43.7 Å². The van der Waals surface area contributed by atoms with Crippen molar-refractivity contribution in [3.05, 3.63) is 35.4 Å². The van der Waals surface area contributed by atoms with Crippen molar-refractivity contribution in [2.75, 3.05) is 0 Å². The third kappa shape index (κ3) is 5.95. The highest BCUT2D eigenvalue weighted by molar-refractivity contribution is 5.86. The maximum absolute atomic E-state index is 11.9. The minimum absolute atomic E-state index is 0.139. The maximum atomic E-state index is 11.9. The molecule has 2 atom stereocenters. The van der Waals surface area contributed by atoms with Gasteiger partial charge in [0, 0.05) is 6.42 Å². The first kappa shape index (κ1) is 17.2. The van der Waals surface area contributed by atoms with Crippen molar-refractivity contribution in [3.63, 3.8) is 0 Å². The summed E-state index contributed by atoms with van der Waals surface area (Å²) in [6, 6.07) is 6.52. The number of hydrogen-bond acceptors (Lipinski definition) is 3. The first-order valence-corrected chi connectivity index (χ1v) is 7.06. The van der Waals surface area contributed by atoms with E-state index in [2.05, 4.69) is 5.32 Å². The van der Waals surface area contributed by atoms with Gasteiger partial charge < -0.3 is 15.5 Å². The first-order valence-electron chi connectivity index (χ1n) is 7.06. The number of nitrogens with one attached hydrogen (secondary N) is 1. The van der Waals surface area contributed by atoms with E-state index >= 15 is 0 Å². The predicted molar refractivity (Wildman–Crippen MR) is 79.9 cm³/mol. The quantitative estimate of drug-likeness (QED) is 0.711. The Morgan fingerprint density at radius 2 is 1.76 bits per heavy atom. The number of rotatable bonds is 7. The molecule has 0 aliphatic heterocycles. The Hall–Kier alpha value is -1.88. The van der Waals surface area contributed by atoms with Crippen LogP contribution in [0.15, 0.2) is 24.3 Å². The summed E-state index contributed by atoms with van der Waals surface area (Å²) in [6.45, 7) is 5.71. The van der Waals surface area contributed by atoms with Crippen LogP contribution < -0.4 is 5.32 Å². The molecule has 0 heterocycles. The number of carboxylic acids is 1. The second kappa shape index (κ2) is 7.78. The molecule has 0 fully saturated rings. The Labute approximate surface area is 125 Å². The second-order valence-corrected chi connectivity index (χ2v) is 5.73. The van der Waals surface area contributed by atoms with E-state index < -0.39 is 24.0 Å². The Morgan fingerprint density at radius 3 is 2.24 bits per heavy atom. The fraction of sp³-hybridized carbons (Fsp3) is 0.500. The molecule has 1 rings (SSSR count). The summed E-state index contributed by atoms with van der Waals surface area (Å²) in [5.41, 5.74) is 1.93. The molecule has 116 valence electrons. The van der Waals surface area contributed by atoms with Gasteiger partial charge in [-0.05, 0) is 24.8 Å². The van der Waals surface area contributed by atoms with Gasteiger partial charge in [-0.2, -0.15) is 0 Å². The van der Waals surface area contributed by atoms with Crippen molar-refractivity contribution in [1.29, 1.82) is 0 Å². The number of aliphatic carboxylic acids is 1. The summed E-state index contributed by atoms with van der Waals surface area (Å²) < 4.78 is 0. The highest BCUT2D eigenvalue weighted by Crippen LogP contribution is 2.08. The number of benzene rings is 1. The molecule has 0 aliphatic carbocycles. The summed E-state index contributed by atoms with van der Waals surface area (Å²) in [5, 5.41) is 21.4. The molecule has 1 aromatic carbocycles. The number of aliphatic hydroxyl groups is 1. The van der Waals surface area contributed by atoms with Gasteiger partial charge in [0.15, 0.2) is 0 Å². The Balaban J connectivity index is 2.60. The highest BCUT2D eigenvalue weighted by atomic mass is 16.4. The van der Waals surface area contributed by atoms with E-state index in [1.54, 1.807) is 0 Å². The van der Waals surface area contributed by atoms with Crippen LogP contribution in [-0.4, -0.2) is 34.2 Å². The number of carbonyl (C=O) groups excluding carboxylic acids is 1. The standard InChI is InChI=1S/C16H23NO4/c1-10(2)8-13(16(20)21)17-15(19)14(18)9-12-6-4-11(3)5-7-12/h4-7,10,13-14,18H,8-9H2,1-3H3,(H,17,19)(H,20,21)/t13-,14?/m0/s1. The van der Waals surface area contributed by atoms with Crippen LogP contribution in [-0.2, 0) is 16.0 Å². The molecule has 0 aliphatic rings. The number of carbonyl (C=O) groups is 2. The summed E-state index contributed by atoms with van der Waals surface area (Å²) >= 11 is 0. The summed E-state index contributed by atoms with van der Waals surface area (Å²) in [5.74, 6) is -1.59. The number of hydrogen-bond donors (Lipinski definition) is 3. The fourth-order valence-electron chi connectivity index (χ4n) is 2.00. The van der Waals surface area contributed by atoms with E-state index in [4.69, 9.17) is 5.11 Å². The van der Waals surface area contributed by atoms with Gasteiger partial charge in [0.25, 0.3) is 0 Å². The molecular weight excluding hydrogens is 270 g/mol. The SMILES string of the molecule is Cc1ccc(CC(O)C(=O)N[C@@H](CC(C)C)C(=O)O)cc1. The molecule has 0 radical (unpaired) electrons. The Morgan fingerprint density at radius 1 is 1.19 bits per heavy atom. The lowest BCUT2D eigenvalue weighted by molar-refractivity contribution is -0.143. The average Bonchev–Trinajstić information content (AvgIpc) is 2.39. The maximum Gasteiger partial charge on any atom is 0.326 e. The zero-order valence-corrected chi connectivity index (χ0v) is 12.7. The van der Waals surface area contributed by atoms with Crippen LogP contribution in [0.2, 0.25) is 0 Å². The first-order chi connectivity index (χ1) is 9.79. The van der Waals surface area contributed by atoms with Crippen molar-refractivity contribution in [1.82, 2.24) is 5.32 Å².